The van der Waals surface area contributed by atoms with Gasteiger partial charge in [0.1, 0.15) is 11.2 Å². The van der Waals surface area contributed by atoms with Crippen LogP contribution in [0.15, 0.2) is 4.99 Å². The number of alkyl halides is 1. The van der Waals surface area contributed by atoms with Crippen LogP contribution in [0.25, 0.3) is 0 Å². The van der Waals surface area contributed by atoms with E-state index in [1.165, 1.54) is 4.90 Å². The number of aliphatic imine (C=N–C) groups is 1. The van der Waals surface area contributed by atoms with E-state index in [4.69, 9.17) is 9.47 Å². The van der Waals surface area contributed by atoms with Gasteiger partial charge in [-0.15, -0.1) is 0 Å². The largest absolute Gasteiger partial charge is 0.444 e. The molecule has 0 bridgehead atoms. The van der Waals surface area contributed by atoms with Crippen molar-refractivity contribution in [3.05, 3.63) is 0 Å². The Bertz CT molecular complexity index is 466. The Morgan fingerprint density at radius 3 is 2.23 bits per heavy atom. The molecule has 0 saturated heterocycles. The number of guanidine groups is 1. The molecule has 7 nitrogen and oxygen atoms in total. The predicted octanol–water partition coefficient (Wildman–Crippen LogP) is 2.92. The fourth-order valence-electron chi connectivity index (χ4n) is 1.68. The second-order valence-electron chi connectivity index (χ2n) is 6.95. The summed E-state index contributed by atoms with van der Waals surface area (Å²) >= 11 is 2.17. The number of amides is 2. The molecule has 126 valence electrons. The monoisotopic (exact) mass is 425 g/mol. The molecular formula is C14H24IN3O4. The number of carbonyl (C=O) groups is 2. The van der Waals surface area contributed by atoms with Gasteiger partial charge in [-0.25, -0.2) is 14.5 Å². The Kier molecular flexibility index (Phi) is 6.05. The lowest BCUT2D eigenvalue weighted by Gasteiger charge is -2.28. The van der Waals surface area contributed by atoms with Crippen LogP contribution < -0.4 is 5.32 Å². The van der Waals surface area contributed by atoms with Crippen LogP contribution in [-0.2, 0) is 9.47 Å². The third kappa shape index (κ3) is 5.98. The highest BCUT2D eigenvalue weighted by Gasteiger charge is 2.36. The lowest BCUT2D eigenvalue weighted by molar-refractivity contribution is 0.0336. The highest BCUT2D eigenvalue weighted by atomic mass is 127. The van der Waals surface area contributed by atoms with Crippen LogP contribution in [0.5, 0.6) is 0 Å². The molecule has 0 aliphatic carbocycles. The third-order valence-electron chi connectivity index (χ3n) is 2.43. The zero-order valence-corrected chi connectivity index (χ0v) is 16.1. The molecular weight excluding hydrogens is 401 g/mol. The first-order valence-corrected chi connectivity index (χ1v) is 8.58. The minimum atomic E-state index is -0.645. The van der Waals surface area contributed by atoms with Crippen LogP contribution in [0.3, 0.4) is 0 Å². The van der Waals surface area contributed by atoms with E-state index in [1.54, 1.807) is 41.5 Å². The molecule has 0 aromatic rings. The first-order chi connectivity index (χ1) is 9.93. The number of alkyl carbamates (subject to hydrolysis) is 1. The van der Waals surface area contributed by atoms with Crippen molar-refractivity contribution in [3.63, 3.8) is 0 Å². The van der Waals surface area contributed by atoms with E-state index >= 15 is 0 Å². The molecule has 22 heavy (non-hydrogen) atoms. The predicted molar refractivity (Wildman–Crippen MR) is 92.4 cm³/mol. The topological polar surface area (TPSA) is 80.2 Å². The lowest BCUT2D eigenvalue weighted by atomic mass is 10.2. The van der Waals surface area contributed by atoms with Gasteiger partial charge in [0.25, 0.3) is 0 Å². The summed E-state index contributed by atoms with van der Waals surface area (Å²) in [4.78, 5) is 29.8. The molecule has 1 heterocycles. The van der Waals surface area contributed by atoms with E-state index in [2.05, 4.69) is 32.9 Å². The quantitative estimate of drug-likeness (QED) is 0.518. The van der Waals surface area contributed by atoms with Gasteiger partial charge < -0.3 is 9.47 Å². The summed E-state index contributed by atoms with van der Waals surface area (Å²) in [5.74, 6) is 0.171. The molecule has 1 aliphatic heterocycles. The third-order valence-corrected chi connectivity index (χ3v) is 3.44. The van der Waals surface area contributed by atoms with E-state index in [9.17, 15) is 9.59 Å². The van der Waals surface area contributed by atoms with Crippen LogP contribution in [-0.4, -0.2) is 51.3 Å². The summed E-state index contributed by atoms with van der Waals surface area (Å²) in [7, 11) is 0. The molecule has 1 aliphatic rings. The van der Waals surface area contributed by atoms with Gasteiger partial charge >= 0.3 is 12.2 Å². The van der Waals surface area contributed by atoms with Crippen molar-refractivity contribution in [3.8, 4) is 0 Å². The van der Waals surface area contributed by atoms with Crippen molar-refractivity contribution in [2.75, 3.05) is 11.0 Å². The maximum Gasteiger partial charge on any atom is 0.417 e. The van der Waals surface area contributed by atoms with Gasteiger partial charge in [0.05, 0.1) is 12.6 Å². The van der Waals surface area contributed by atoms with Crippen LogP contribution in [0.2, 0.25) is 0 Å². The SMILES string of the molecule is CC(C)(C)OC(=O)NC1=NCC(CI)N1C(=O)OC(C)(C)C. The summed E-state index contributed by atoms with van der Waals surface area (Å²) in [6.45, 7) is 11.1. The fourth-order valence-corrected chi connectivity index (χ4v) is 2.35. The summed E-state index contributed by atoms with van der Waals surface area (Å²) in [5.41, 5.74) is -1.24. The average molecular weight is 425 g/mol. The lowest BCUT2D eigenvalue weighted by Crippen LogP contribution is -2.51. The molecule has 0 aromatic heterocycles. The Balaban J connectivity index is 2.80. The molecule has 1 atom stereocenters. The van der Waals surface area contributed by atoms with Crippen LogP contribution in [0.4, 0.5) is 9.59 Å². The van der Waals surface area contributed by atoms with E-state index in [0.29, 0.717) is 11.0 Å². The molecule has 0 spiro atoms. The van der Waals surface area contributed by atoms with Crippen molar-refractivity contribution in [1.82, 2.24) is 10.2 Å². The number of rotatable bonds is 1. The number of ether oxygens (including phenoxy) is 2. The number of hydrogen-bond donors (Lipinski definition) is 1. The van der Waals surface area contributed by atoms with Gasteiger partial charge in [-0.2, -0.15) is 0 Å². The van der Waals surface area contributed by atoms with E-state index in [0.717, 1.165) is 0 Å². The standard InChI is InChI=1S/C14H24IN3O4/c1-13(2,3)21-11(19)17-10-16-8-9(7-15)18(10)12(20)22-14(4,5)6/h9H,7-8H2,1-6H3,(H,16,17,19). The summed E-state index contributed by atoms with van der Waals surface area (Å²) < 4.78 is 11.2. The molecule has 0 fully saturated rings. The zero-order valence-electron chi connectivity index (χ0n) is 13.9. The van der Waals surface area contributed by atoms with E-state index in [-0.39, 0.29) is 12.0 Å². The number of nitrogens with one attached hydrogen (secondary N) is 1. The van der Waals surface area contributed by atoms with Crippen molar-refractivity contribution in [2.45, 2.75) is 58.8 Å². The average Bonchev–Trinajstić information content (AvgIpc) is 2.66. The number of carbonyl (C=O) groups excluding carboxylic acids is 2. The normalized spacial score (nSPS) is 18.8. The van der Waals surface area contributed by atoms with E-state index < -0.39 is 23.4 Å². The Hall–Kier alpha value is -1.06. The minimum Gasteiger partial charge on any atom is -0.444 e. The first kappa shape index (κ1) is 19.0. The molecule has 8 heteroatoms. The minimum absolute atomic E-state index is 0.139. The maximum absolute atomic E-state index is 12.3. The number of hydrogen-bond acceptors (Lipinski definition) is 5. The fraction of sp³-hybridized carbons (Fsp3) is 0.786. The summed E-state index contributed by atoms with van der Waals surface area (Å²) in [5, 5.41) is 2.53. The molecule has 2 amide bonds. The Labute approximate surface area is 144 Å². The molecule has 1 unspecified atom stereocenters. The highest BCUT2D eigenvalue weighted by Crippen LogP contribution is 2.18. The molecule has 0 aromatic carbocycles. The highest BCUT2D eigenvalue weighted by molar-refractivity contribution is 14.1. The molecule has 1 N–H and O–H groups in total. The molecule has 1 rings (SSSR count). The van der Waals surface area contributed by atoms with Crippen LogP contribution in [0, 0.1) is 0 Å². The summed E-state index contributed by atoms with van der Waals surface area (Å²) in [6.07, 6.45) is -1.17. The zero-order chi connectivity index (χ0) is 17.1. The van der Waals surface area contributed by atoms with Crippen molar-refractivity contribution in [1.29, 1.82) is 0 Å². The second-order valence-corrected chi connectivity index (χ2v) is 7.83. The summed E-state index contributed by atoms with van der Waals surface area (Å²) in [6, 6.07) is -0.139. The van der Waals surface area contributed by atoms with Gasteiger partial charge in [0.15, 0.2) is 0 Å². The second kappa shape index (κ2) is 7.01. The number of halogens is 1. The van der Waals surface area contributed by atoms with E-state index in [1.807, 2.05) is 0 Å². The smallest absolute Gasteiger partial charge is 0.417 e. The molecule has 0 saturated carbocycles. The first-order valence-electron chi connectivity index (χ1n) is 7.05. The number of nitrogens with zero attached hydrogens (tertiary/aromatic N) is 2. The van der Waals surface area contributed by atoms with Gasteiger partial charge in [0.2, 0.25) is 5.96 Å². The van der Waals surface area contributed by atoms with Gasteiger partial charge in [0, 0.05) is 4.43 Å². The maximum atomic E-state index is 12.3. The van der Waals surface area contributed by atoms with Crippen molar-refractivity contribution in [2.24, 2.45) is 4.99 Å². The van der Waals surface area contributed by atoms with Gasteiger partial charge in [-0.05, 0) is 41.5 Å². The van der Waals surface area contributed by atoms with Crippen LogP contribution in [0.1, 0.15) is 41.5 Å². The Morgan fingerprint density at radius 1 is 1.23 bits per heavy atom. The van der Waals surface area contributed by atoms with Gasteiger partial charge in [-0.1, -0.05) is 22.6 Å². The Morgan fingerprint density at radius 2 is 1.77 bits per heavy atom. The van der Waals surface area contributed by atoms with Gasteiger partial charge in [-0.3, -0.25) is 10.3 Å². The molecule has 0 radical (unpaired) electrons. The van der Waals surface area contributed by atoms with Crippen LogP contribution >= 0.6 is 22.6 Å². The van der Waals surface area contributed by atoms with Crippen molar-refractivity contribution < 1.29 is 19.1 Å². The van der Waals surface area contributed by atoms with Crippen molar-refractivity contribution >= 4 is 40.7 Å².